The molecule has 4 aromatic rings. The van der Waals surface area contributed by atoms with E-state index in [1.54, 1.807) is 0 Å². The van der Waals surface area contributed by atoms with E-state index >= 15 is 0 Å². The summed E-state index contributed by atoms with van der Waals surface area (Å²) in [5.74, 6) is 2.15. The number of piperidine rings is 1. The summed E-state index contributed by atoms with van der Waals surface area (Å²) in [6.45, 7) is 5.87. The number of unbranched alkanes of at least 4 members (excludes halogenated alkanes) is 1. The Hall–Kier alpha value is -3.43. The maximum absolute atomic E-state index is 12.9. The molecule has 0 N–H and O–H groups in total. The SMILES string of the molecule is CCCCOc1ccc(C(c2ccccc2)C2CCN(CCC(=O)c3ccc4ccccc4c3)CC2)cc1. The summed E-state index contributed by atoms with van der Waals surface area (Å²) in [7, 11) is 0. The van der Waals surface area contributed by atoms with Crippen molar-refractivity contribution in [2.24, 2.45) is 5.92 Å². The maximum atomic E-state index is 12.9. The van der Waals surface area contributed by atoms with E-state index in [0.717, 1.165) is 68.6 Å². The molecule has 0 aliphatic carbocycles. The molecule has 0 spiro atoms. The van der Waals surface area contributed by atoms with Gasteiger partial charge in [-0.1, -0.05) is 92.2 Å². The minimum absolute atomic E-state index is 0.237. The molecule has 3 nitrogen and oxygen atoms in total. The van der Waals surface area contributed by atoms with Crippen molar-refractivity contribution in [2.75, 3.05) is 26.2 Å². The van der Waals surface area contributed by atoms with Crippen molar-refractivity contribution >= 4 is 16.6 Å². The maximum Gasteiger partial charge on any atom is 0.164 e. The van der Waals surface area contributed by atoms with Crippen LogP contribution in [0.2, 0.25) is 0 Å². The van der Waals surface area contributed by atoms with Crippen LogP contribution in [0.1, 0.15) is 66.4 Å². The first-order chi connectivity index (χ1) is 18.7. The predicted molar refractivity (Wildman–Crippen MR) is 157 cm³/mol. The van der Waals surface area contributed by atoms with Gasteiger partial charge >= 0.3 is 0 Å². The fourth-order valence-corrected chi connectivity index (χ4v) is 5.78. The molecule has 4 aromatic carbocycles. The van der Waals surface area contributed by atoms with Gasteiger partial charge < -0.3 is 9.64 Å². The van der Waals surface area contributed by atoms with Gasteiger partial charge in [0.1, 0.15) is 5.75 Å². The van der Waals surface area contributed by atoms with Gasteiger partial charge in [-0.15, -0.1) is 0 Å². The van der Waals surface area contributed by atoms with Crippen molar-refractivity contribution in [3.05, 3.63) is 114 Å². The van der Waals surface area contributed by atoms with Crippen molar-refractivity contribution in [3.8, 4) is 5.75 Å². The summed E-state index contributed by atoms with van der Waals surface area (Å²) in [6.07, 6.45) is 5.08. The lowest BCUT2D eigenvalue weighted by Crippen LogP contribution is -2.37. The van der Waals surface area contributed by atoms with Crippen LogP contribution >= 0.6 is 0 Å². The number of carbonyl (C=O) groups is 1. The lowest BCUT2D eigenvalue weighted by atomic mass is 9.76. The largest absolute Gasteiger partial charge is 0.494 e. The number of ether oxygens (including phenoxy) is 1. The highest BCUT2D eigenvalue weighted by atomic mass is 16.5. The lowest BCUT2D eigenvalue weighted by Gasteiger charge is -2.36. The molecule has 5 rings (SSSR count). The van der Waals surface area contributed by atoms with Gasteiger partial charge in [0.2, 0.25) is 0 Å². The van der Waals surface area contributed by atoms with E-state index in [9.17, 15) is 4.79 Å². The van der Waals surface area contributed by atoms with Gasteiger partial charge in [0.25, 0.3) is 0 Å². The smallest absolute Gasteiger partial charge is 0.164 e. The van der Waals surface area contributed by atoms with Crippen LogP contribution in [0.3, 0.4) is 0 Å². The van der Waals surface area contributed by atoms with E-state index in [0.29, 0.717) is 18.3 Å². The molecule has 1 aliphatic heterocycles. The molecule has 0 amide bonds. The quantitative estimate of drug-likeness (QED) is 0.152. The average molecular weight is 506 g/mol. The molecule has 1 saturated heterocycles. The van der Waals surface area contributed by atoms with E-state index in [-0.39, 0.29) is 5.78 Å². The van der Waals surface area contributed by atoms with E-state index < -0.39 is 0 Å². The van der Waals surface area contributed by atoms with Crippen LogP contribution in [0.4, 0.5) is 0 Å². The Bertz CT molecular complexity index is 1310. The number of Topliss-reactive ketones (excluding diaryl/α,β-unsaturated/α-hetero) is 1. The lowest BCUT2D eigenvalue weighted by molar-refractivity contribution is 0.0949. The number of ketones is 1. The second-order valence-corrected chi connectivity index (χ2v) is 10.6. The van der Waals surface area contributed by atoms with Crippen LogP contribution in [0.5, 0.6) is 5.75 Å². The molecule has 1 atom stereocenters. The van der Waals surface area contributed by atoms with Crippen molar-refractivity contribution in [3.63, 3.8) is 0 Å². The highest BCUT2D eigenvalue weighted by Gasteiger charge is 2.29. The van der Waals surface area contributed by atoms with Crippen molar-refractivity contribution < 1.29 is 9.53 Å². The predicted octanol–water partition coefficient (Wildman–Crippen LogP) is 8.14. The number of hydrogen-bond donors (Lipinski definition) is 0. The van der Waals surface area contributed by atoms with Crippen molar-refractivity contribution in [1.29, 1.82) is 0 Å². The van der Waals surface area contributed by atoms with Gasteiger partial charge in [0.05, 0.1) is 6.61 Å². The van der Waals surface area contributed by atoms with Crippen LogP contribution in [0.25, 0.3) is 10.8 Å². The number of carbonyl (C=O) groups excluding carboxylic acids is 1. The summed E-state index contributed by atoms with van der Waals surface area (Å²) < 4.78 is 5.91. The normalized spacial score (nSPS) is 15.4. The molecule has 196 valence electrons. The highest BCUT2D eigenvalue weighted by molar-refractivity contribution is 6.00. The van der Waals surface area contributed by atoms with Gasteiger partial charge in [-0.05, 0) is 78.4 Å². The second-order valence-electron chi connectivity index (χ2n) is 10.6. The van der Waals surface area contributed by atoms with E-state index in [4.69, 9.17) is 4.74 Å². The molecule has 1 fully saturated rings. The zero-order valence-corrected chi connectivity index (χ0v) is 22.5. The van der Waals surface area contributed by atoms with E-state index in [1.807, 2.05) is 24.3 Å². The monoisotopic (exact) mass is 505 g/mol. The standard InChI is InChI=1S/C35H39NO2/c1-2-3-25-38-33-17-15-29(16-18-33)35(28-10-5-4-6-11-28)30-19-22-36(23-20-30)24-21-34(37)32-14-13-27-9-7-8-12-31(27)26-32/h4-18,26,30,35H,2-3,19-25H2,1H3. The number of rotatable bonds is 11. The molecular weight excluding hydrogens is 466 g/mol. The molecule has 0 saturated carbocycles. The van der Waals surface area contributed by atoms with E-state index in [2.05, 4.69) is 84.6 Å². The summed E-state index contributed by atoms with van der Waals surface area (Å²) >= 11 is 0. The summed E-state index contributed by atoms with van der Waals surface area (Å²) in [4.78, 5) is 15.4. The van der Waals surface area contributed by atoms with Crippen LogP contribution in [-0.2, 0) is 0 Å². The molecule has 0 aromatic heterocycles. The first-order valence-corrected chi connectivity index (χ1v) is 14.2. The Morgan fingerprint density at radius 2 is 1.53 bits per heavy atom. The van der Waals surface area contributed by atoms with Crippen LogP contribution in [0, 0.1) is 5.92 Å². The number of likely N-dealkylation sites (tertiary alicyclic amines) is 1. The van der Waals surface area contributed by atoms with Crippen LogP contribution in [-0.4, -0.2) is 36.9 Å². The first-order valence-electron chi connectivity index (χ1n) is 14.2. The third kappa shape index (κ3) is 6.52. The van der Waals surface area contributed by atoms with Gasteiger partial charge in [-0.3, -0.25) is 4.79 Å². The van der Waals surface area contributed by atoms with E-state index in [1.165, 1.54) is 16.5 Å². The van der Waals surface area contributed by atoms with Crippen LogP contribution < -0.4 is 4.74 Å². The zero-order chi connectivity index (χ0) is 26.2. The zero-order valence-electron chi connectivity index (χ0n) is 22.5. The van der Waals surface area contributed by atoms with Gasteiger partial charge in [-0.2, -0.15) is 0 Å². The minimum Gasteiger partial charge on any atom is -0.494 e. The molecule has 0 radical (unpaired) electrons. The Labute approximate surface area is 227 Å². The molecule has 1 aliphatic rings. The molecule has 1 unspecified atom stereocenters. The fourth-order valence-electron chi connectivity index (χ4n) is 5.78. The van der Waals surface area contributed by atoms with Crippen LogP contribution in [0.15, 0.2) is 97.1 Å². The number of fused-ring (bicyclic) bond motifs is 1. The third-order valence-corrected chi connectivity index (χ3v) is 7.99. The Kier molecular flexibility index (Phi) is 8.88. The Morgan fingerprint density at radius 3 is 2.26 bits per heavy atom. The van der Waals surface area contributed by atoms with Gasteiger partial charge in [0.15, 0.2) is 5.78 Å². The third-order valence-electron chi connectivity index (χ3n) is 7.99. The minimum atomic E-state index is 0.237. The number of hydrogen-bond acceptors (Lipinski definition) is 3. The van der Waals surface area contributed by atoms with Crippen molar-refractivity contribution in [2.45, 2.75) is 44.9 Å². The van der Waals surface area contributed by atoms with Crippen molar-refractivity contribution in [1.82, 2.24) is 4.90 Å². The Morgan fingerprint density at radius 1 is 0.842 bits per heavy atom. The van der Waals surface area contributed by atoms with Gasteiger partial charge in [0, 0.05) is 24.4 Å². The number of nitrogens with zero attached hydrogens (tertiary/aromatic N) is 1. The molecule has 38 heavy (non-hydrogen) atoms. The molecular formula is C35H39NO2. The molecule has 1 heterocycles. The van der Waals surface area contributed by atoms with Gasteiger partial charge in [-0.25, -0.2) is 0 Å². The highest BCUT2D eigenvalue weighted by Crippen LogP contribution is 2.38. The average Bonchev–Trinajstić information content (AvgIpc) is 2.98. The Balaban J connectivity index is 1.20. The summed E-state index contributed by atoms with van der Waals surface area (Å²) in [5.41, 5.74) is 3.57. The summed E-state index contributed by atoms with van der Waals surface area (Å²) in [6, 6.07) is 34.0. The molecule has 0 bridgehead atoms. The first kappa shape index (κ1) is 26.2. The second kappa shape index (κ2) is 12.9. The fraction of sp³-hybridized carbons (Fsp3) is 0.343. The topological polar surface area (TPSA) is 29.5 Å². The summed E-state index contributed by atoms with van der Waals surface area (Å²) in [5, 5.41) is 2.31. The molecule has 3 heteroatoms. The number of benzene rings is 4.